The van der Waals surface area contributed by atoms with Gasteiger partial charge in [-0.25, -0.2) is 0 Å². The van der Waals surface area contributed by atoms with Crippen LogP contribution in [0.2, 0.25) is 0 Å². The Bertz CT molecular complexity index is 921. The summed E-state index contributed by atoms with van der Waals surface area (Å²) in [7, 11) is 0. The summed E-state index contributed by atoms with van der Waals surface area (Å²) in [5.41, 5.74) is 1.74. The van der Waals surface area contributed by atoms with E-state index in [1.807, 2.05) is 60.8 Å². The number of nitrogens with one attached hydrogen (secondary N) is 1. The van der Waals surface area contributed by atoms with Crippen molar-refractivity contribution in [2.45, 2.75) is 6.92 Å². The fourth-order valence-electron chi connectivity index (χ4n) is 2.42. The minimum atomic E-state index is -0.389. The average Bonchev–Trinajstić information content (AvgIpc) is 3.09. The molecule has 4 nitrogen and oxygen atoms in total. The van der Waals surface area contributed by atoms with Gasteiger partial charge in [0.15, 0.2) is 0 Å². The number of nitrogens with zero attached hydrogens (tertiary/aromatic N) is 1. The van der Waals surface area contributed by atoms with Crippen LogP contribution < -0.4 is 10.3 Å². The van der Waals surface area contributed by atoms with E-state index >= 15 is 0 Å². The molecule has 114 valence electrons. The lowest BCUT2D eigenvalue weighted by atomic mass is 9.99. The van der Waals surface area contributed by atoms with E-state index in [0.717, 1.165) is 10.4 Å². The number of rotatable bonds is 4. The first kappa shape index (κ1) is 15.1. The lowest BCUT2D eigenvalue weighted by Crippen LogP contribution is -2.12. The molecule has 0 aliphatic rings. The first-order valence-electron chi connectivity index (χ1n) is 7.18. The van der Waals surface area contributed by atoms with Gasteiger partial charge in [-0.15, -0.1) is 11.3 Å². The van der Waals surface area contributed by atoms with Crippen LogP contribution in [-0.4, -0.2) is 11.6 Å². The molecule has 0 spiro atoms. The maximum atomic E-state index is 12.3. The molecule has 0 saturated heterocycles. The molecule has 1 N–H and O–H groups in total. The van der Waals surface area contributed by atoms with Crippen LogP contribution in [0.4, 0.5) is 0 Å². The molecule has 2 aromatic heterocycles. The Hall–Kier alpha value is -2.84. The van der Waals surface area contributed by atoms with Gasteiger partial charge in [-0.2, -0.15) is 5.26 Å². The highest BCUT2D eigenvalue weighted by atomic mass is 32.1. The molecule has 3 aromatic rings. The molecule has 0 radical (unpaired) electrons. The van der Waals surface area contributed by atoms with E-state index in [1.54, 1.807) is 0 Å². The highest BCUT2D eigenvalue weighted by Gasteiger charge is 2.15. The topological polar surface area (TPSA) is 65.9 Å². The average molecular weight is 322 g/mol. The van der Waals surface area contributed by atoms with E-state index in [9.17, 15) is 10.1 Å². The van der Waals surface area contributed by atoms with Gasteiger partial charge in [0, 0.05) is 11.1 Å². The summed E-state index contributed by atoms with van der Waals surface area (Å²) in [4.78, 5) is 16.0. The monoisotopic (exact) mass is 322 g/mol. The van der Waals surface area contributed by atoms with Crippen molar-refractivity contribution in [1.29, 1.82) is 5.26 Å². The summed E-state index contributed by atoms with van der Waals surface area (Å²) in [6, 6.07) is 15.1. The molecule has 3 rings (SSSR count). The third-order valence-electron chi connectivity index (χ3n) is 3.41. The van der Waals surface area contributed by atoms with Gasteiger partial charge in [0.25, 0.3) is 5.56 Å². The van der Waals surface area contributed by atoms with Crippen LogP contribution in [0, 0.1) is 11.3 Å². The van der Waals surface area contributed by atoms with Crippen molar-refractivity contribution >= 4 is 11.3 Å². The second-order valence-corrected chi connectivity index (χ2v) is 5.77. The zero-order chi connectivity index (χ0) is 16.2. The van der Waals surface area contributed by atoms with Crippen molar-refractivity contribution in [1.82, 2.24) is 4.98 Å². The van der Waals surface area contributed by atoms with Crippen LogP contribution in [0.5, 0.6) is 5.75 Å². The van der Waals surface area contributed by atoms with Gasteiger partial charge in [-0.3, -0.25) is 4.79 Å². The molecular weight excluding hydrogens is 308 g/mol. The number of aromatic amines is 1. The fourth-order valence-corrected chi connectivity index (χ4v) is 3.12. The molecule has 0 unspecified atom stereocenters. The van der Waals surface area contributed by atoms with Crippen LogP contribution in [0.25, 0.3) is 21.7 Å². The van der Waals surface area contributed by atoms with Gasteiger partial charge < -0.3 is 9.72 Å². The van der Waals surface area contributed by atoms with Crippen LogP contribution in [0.15, 0.2) is 52.6 Å². The quantitative estimate of drug-likeness (QED) is 0.788. The Kier molecular flexibility index (Phi) is 4.26. The minimum Gasteiger partial charge on any atom is -0.493 e. The highest BCUT2D eigenvalue weighted by Crippen LogP contribution is 2.33. The predicted molar refractivity (Wildman–Crippen MR) is 91.7 cm³/mol. The number of pyridine rings is 1. The first-order valence-corrected chi connectivity index (χ1v) is 8.06. The summed E-state index contributed by atoms with van der Waals surface area (Å²) >= 11 is 1.53. The van der Waals surface area contributed by atoms with E-state index in [4.69, 9.17) is 4.74 Å². The Morgan fingerprint density at radius 2 is 2.04 bits per heavy atom. The lowest BCUT2D eigenvalue weighted by Gasteiger charge is -2.12. The molecular formula is C18H14N2O2S. The summed E-state index contributed by atoms with van der Waals surface area (Å²) in [6.07, 6.45) is 0. The molecule has 0 atom stereocenters. The normalized spacial score (nSPS) is 10.3. The molecule has 0 saturated carbocycles. The standard InChI is InChI=1S/C18H14N2O2S/c1-2-22-16-7-4-3-6-12(16)13-10-15(17-8-5-9-23-17)20-18(21)14(13)11-19/h3-10H,2H2,1H3,(H,20,21). The number of benzene rings is 1. The van der Waals surface area contributed by atoms with Crippen LogP contribution in [0.3, 0.4) is 0 Å². The number of H-pyrrole nitrogens is 1. The van der Waals surface area contributed by atoms with Gasteiger partial charge in [-0.05, 0) is 30.5 Å². The molecule has 5 heteroatoms. The van der Waals surface area contributed by atoms with Gasteiger partial charge in [-0.1, -0.05) is 24.3 Å². The van der Waals surface area contributed by atoms with Crippen molar-refractivity contribution < 1.29 is 4.74 Å². The third kappa shape index (κ3) is 2.89. The molecule has 0 amide bonds. The number of para-hydroxylation sites is 1. The van der Waals surface area contributed by atoms with Crippen molar-refractivity contribution in [3.63, 3.8) is 0 Å². The Labute approximate surface area is 137 Å². The molecule has 0 fully saturated rings. The van der Waals surface area contributed by atoms with E-state index in [1.165, 1.54) is 11.3 Å². The van der Waals surface area contributed by atoms with E-state index in [2.05, 4.69) is 4.98 Å². The maximum absolute atomic E-state index is 12.3. The lowest BCUT2D eigenvalue weighted by molar-refractivity contribution is 0.341. The van der Waals surface area contributed by atoms with Crippen molar-refractivity contribution in [2.75, 3.05) is 6.61 Å². The highest BCUT2D eigenvalue weighted by molar-refractivity contribution is 7.13. The number of nitriles is 1. The first-order chi connectivity index (χ1) is 11.2. The number of aromatic nitrogens is 1. The Morgan fingerprint density at radius 3 is 2.74 bits per heavy atom. The predicted octanol–water partition coefficient (Wildman–Crippen LogP) is 4.04. The molecule has 0 aliphatic carbocycles. The third-order valence-corrected chi connectivity index (χ3v) is 4.31. The number of hydrogen-bond donors (Lipinski definition) is 1. The zero-order valence-electron chi connectivity index (χ0n) is 12.5. The number of thiophene rings is 1. The minimum absolute atomic E-state index is 0.0949. The van der Waals surface area contributed by atoms with Crippen LogP contribution in [0.1, 0.15) is 12.5 Å². The molecule has 1 aromatic carbocycles. The molecule has 0 aliphatic heterocycles. The summed E-state index contributed by atoms with van der Waals surface area (Å²) in [6.45, 7) is 2.41. The Balaban J connectivity index is 2.27. The van der Waals surface area contributed by atoms with Gasteiger partial charge in [0.2, 0.25) is 0 Å². The van der Waals surface area contributed by atoms with Crippen molar-refractivity contribution in [3.05, 3.63) is 63.8 Å². The summed E-state index contributed by atoms with van der Waals surface area (Å²) in [5, 5.41) is 11.3. The second-order valence-electron chi connectivity index (χ2n) is 4.82. The van der Waals surface area contributed by atoms with E-state index in [0.29, 0.717) is 23.6 Å². The largest absolute Gasteiger partial charge is 0.493 e. The number of ether oxygens (including phenoxy) is 1. The second kappa shape index (κ2) is 6.51. The molecule has 23 heavy (non-hydrogen) atoms. The molecule has 2 heterocycles. The van der Waals surface area contributed by atoms with E-state index in [-0.39, 0.29) is 11.1 Å². The van der Waals surface area contributed by atoms with Gasteiger partial charge in [0.1, 0.15) is 17.4 Å². The number of hydrogen-bond acceptors (Lipinski definition) is 4. The maximum Gasteiger partial charge on any atom is 0.266 e. The zero-order valence-corrected chi connectivity index (χ0v) is 13.3. The smallest absolute Gasteiger partial charge is 0.266 e. The SMILES string of the molecule is CCOc1ccccc1-c1cc(-c2cccs2)[nH]c(=O)c1C#N. The van der Waals surface area contributed by atoms with Crippen molar-refractivity contribution in [2.24, 2.45) is 0 Å². The van der Waals surface area contributed by atoms with Gasteiger partial charge in [0.05, 0.1) is 17.2 Å². The summed E-state index contributed by atoms with van der Waals surface area (Å²) in [5.74, 6) is 0.661. The molecule has 0 bridgehead atoms. The summed E-state index contributed by atoms with van der Waals surface area (Å²) < 4.78 is 5.64. The van der Waals surface area contributed by atoms with E-state index < -0.39 is 0 Å². The van der Waals surface area contributed by atoms with Gasteiger partial charge >= 0.3 is 0 Å². The van der Waals surface area contributed by atoms with Crippen LogP contribution >= 0.6 is 11.3 Å². The van der Waals surface area contributed by atoms with Crippen LogP contribution in [-0.2, 0) is 0 Å². The Morgan fingerprint density at radius 1 is 1.22 bits per heavy atom. The van der Waals surface area contributed by atoms with Crippen molar-refractivity contribution in [3.8, 4) is 33.5 Å². The fraction of sp³-hybridized carbons (Fsp3) is 0.111.